The van der Waals surface area contributed by atoms with Gasteiger partial charge in [-0.05, 0) is 35.1 Å². The lowest BCUT2D eigenvalue weighted by Gasteiger charge is -2.19. The summed E-state index contributed by atoms with van der Waals surface area (Å²) in [5, 5.41) is 4.65. The van der Waals surface area contributed by atoms with Gasteiger partial charge in [0.05, 0.1) is 22.4 Å². The lowest BCUT2D eigenvalue weighted by atomic mass is 10.0. The van der Waals surface area contributed by atoms with Crippen LogP contribution in [0.15, 0.2) is 84.9 Å². The lowest BCUT2D eigenvalue weighted by molar-refractivity contribution is 0.632. The Morgan fingerprint density at radius 1 is 0.757 bits per heavy atom. The van der Waals surface area contributed by atoms with Gasteiger partial charge < -0.3 is 5.32 Å². The van der Waals surface area contributed by atoms with Crippen molar-refractivity contribution in [1.29, 1.82) is 0 Å². The number of hydrogen-bond donors (Lipinski definition) is 1. The summed E-state index contributed by atoms with van der Waals surface area (Å²) in [7, 11) is 0. The highest BCUT2D eigenvalue weighted by Crippen LogP contribution is 2.19. The zero-order valence-electron chi connectivity index (χ0n) is 21.9. The first-order chi connectivity index (χ1) is 18.2. The fourth-order valence-corrected chi connectivity index (χ4v) is 5.10. The molecule has 0 atom stereocenters. The minimum absolute atomic E-state index is 0.786. The van der Waals surface area contributed by atoms with E-state index in [1.165, 1.54) is 48.8 Å². The minimum atomic E-state index is 0.786. The molecule has 3 nitrogen and oxygen atoms in total. The van der Waals surface area contributed by atoms with Crippen LogP contribution in [0.5, 0.6) is 0 Å². The molecule has 1 aliphatic heterocycles. The normalized spacial score (nSPS) is 12.7. The van der Waals surface area contributed by atoms with Gasteiger partial charge in [0.25, 0.3) is 0 Å². The molecule has 1 aliphatic rings. The highest BCUT2D eigenvalue weighted by molar-refractivity contribution is 5.80. The molecule has 3 aromatic carbocycles. The van der Waals surface area contributed by atoms with Gasteiger partial charge in [-0.25, -0.2) is 4.98 Å². The van der Waals surface area contributed by atoms with Gasteiger partial charge in [0.15, 0.2) is 5.48 Å². The van der Waals surface area contributed by atoms with E-state index in [4.69, 9.17) is 4.98 Å². The summed E-state index contributed by atoms with van der Waals surface area (Å²) in [5.41, 5.74) is 9.29. The summed E-state index contributed by atoms with van der Waals surface area (Å²) >= 11 is 0. The smallest absolute Gasteiger partial charge is 0.157 e. The van der Waals surface area contributed by atoms with Crippen molar-refractivity contribution in [3.8, 4) is 0 Å². The van der Waals surface area contributed by atoms with Crippen LogP contribution < -0.4 is 16.1 Å². The van der Waals surface area contributed by atoms with Crippen LogP contribution >= 0.6 is 0 Å². The van der Waals surface area contributed by atoms with Gasteiger partial charge in [0, 0.05) is 19.0 Å². The molecule has 0 saturated heterocycles. The molecule has 37 heavy (non-hydrogen) atoms. The van der Waals surface area contributed by atoms with Crippen molar-refractivity contribution < 1.29 is 0 Å². The predicted octanol–water partition coefficient (Wildman–Crippen LogP) is 6.31. The van der Waals surface area contributed by atoms with E-state index in [1.54, 1.807) is 0 Å². The van der Waals surface area contributed by atoms with Crippen LogP contribution in [0.25, 0.3) is 24.2 Å². The van der Waals surface area contributed by atoms with E-state index in [1.807, 2.05) is 6.07 Å². The third-order valence-electron chi connectivity index (χ3n) is 7.15. The van der Waals surface area contributed by atoms with E-state index in [0.717, 1.165) is 52.7 Å². The van der Waals surface area contributed by atoms with Gasteiger partial charge in [-0.2, -0.15) is 0 Å². The lowest BCUT2D eigenvalue weighted by Crippen LogP contribution is -2.35. The third kappa shape index (κ3) is 6.11. The molecule has 0 unspecified atom stereocenters. The van der Waals surface area contributed by atoms with Crippen LogP contribution in [-0.2, 0) is 19.3 Å². The van der Waals surface area contributed by atoms with Crippen LogP contribution in [0, 0.1) is 0 Å². The van der Waals surface area contributed by atoms with Crippen LogP contribution in [0.1, 0.15) is 67.0 Å². The van der Waals surface area contributed by atoms with E-state index in [0.29, 0.717) is 0 Å². The number of fused-ring (bicyclic) bond motifs is 1. The summed E-state index contributed by atoms with van der Waals surface area (Å²) in [4.78, 5) is 5.13. The molecule has 3 heteroatoms. The summed E-state index contributed by atoms with van der Waals surface area (Å²) in [6.07, 6.45) is 11.4. The quantitative estimate of drug-likeness (QED) is 0.251. The van der Waals surface area contributed by atoms with E-state index in [-0.39, 0.29) is 0 Å². The highest BCUT2D eigenvalue weighted by atomic mass is 15.1. The van der Waals surface area contributed by atoms with Gasteiger partial charge in [-0.1, -0.05) is 124 Å². The molecule has 0 bridgehead atoms. The Bertz CT molecular complexity index is 1460. The number of rotatable bonds is 11. The summed E-state index contributed by atoms with van der Waals surface area (Å²) in [6.45, 7) is 6.74. The first-order valence-electron chi connectivity index (χ1n) is 13.7. The molecule has 0 spiro atoms. The second-order valence-corrected chi connectivity index (χ2v) is 10.0. The molecule has 2 heterocycles. The molecule has 0 fully saturated rings. The Morgan fingerprint density at radius 2 is 1.46 bits per heavy atom. The first kappa shape index (κ1) is 24.8. The van der Waals surface area contributed by atoms with Gasteiger partial charge in [-0.15, -0.1) is 0 Å². The van der Waals surface area contributed by atoms with Crippen molar-refractivity contribution in [2.45, 2.75) is 58.3 Å². The second-order valence-electron chi connectivity index (χ2n) is 10.0. The molecule has 188 valence electrons. The molecule has 0 saturated carbocycles. The average molecular weight is 488 g/mol. The second kappa shape index (κ2) is 11.9. The Labute approximate surface area is 220 Å². The zero-order chi connectivity index (χ0) is 25.5. The zero-order valence-corrected chi connectivity index (χ0v) is 21.9. The number of unbranched alkanes of at least 4 members (excludes halogenated alkanes) is 4. The first-order valence-corrected chi connectivity index (χ1v) is 13.7. The van der Waals surface area contributed by atoms with E-state index in [2.05, 4.69) is 108 Å². The SMILES string of the molecule is C=c1c(Cc2cccc(CCCCCCC)c2)nc2n1C=C(c1ccccc1)NC=2Cc1ccccc1. The van der Waals surface area contributed by atoms with Gasteiger partial charge in [0.2, 0.25) is 0 Å². The fraction of sp³-hybridized carbons (Fsp3) is 0.265. The van der Waals surface area contributed by atoms with Crippen molar-refractivity contribution >= 4 is 24.2 Å². The van der Waals surface area contributed by atoms with Crippen LogP contribution in [0.4, 0.5) is 0 Å². The van der Waals surface area contributed by atoms with E-state index < -0.39 is 0 Å². The Kier molecular flexibility index (Phi) is 8.00. The molecular weight excluding hydrogens is 450 g/mol. The molecule has 5 rings (SSSR count). The maximum absolute atomic E-state index is 5.13. The number of aryl methyl sites for hydroxylation is 1. The number of hydrogen-bond acceptors (Lipinski definition) is 2. The number of nitrogens with zero attached hydrogens (tertiary/aromatic N) is 2. The van der Waals surface area contributed by atoms with Crippen molar-refractivity contribution in [1.82, 2.24) is 14.9 Å². The molecule has 4 aromatic rings. The molecule has 0 amide bonds. The number of benzene rings is 3. The summed E-state index contributed by atoms with van der Waals surface area (Å²) in [6, 6.07) is 30.1. The van der Waals surface area contributed by atoms with Crippen molar-refractivity contribution in [3.05, 3.63) is 124 Å². The predicted molar refractivity (Wildman–Crippen MR) is 156 cm³/mol. The van der Waals surface area contributed by atoms with Crippen molar-refractivity contribution in [2.24, 2.45) is 0 Å². The Morgan fingerprint density at radius 3 is 2.24 bits per heavy atom. The molecule has 0 aliphatic carbocycles. The molecule has 0 radical (unpaired) electrons. The van der Waals surface area contributed by atoms with Crippen LogP contribution in [-0.4, -0.2) is 9.55 Å². The minimum Gasteiger partial charge on any atom is -0.354 e. The van der Waals surface area contributed by atoms with E-state index >= 15 is 0 Å². The highest BCUT2D eigenvalue weighted by Gasteiger charge is 2.17. The summed E-state index contributed by atoms with van der Waals surface area (Å²) in [5.74, 6) is 0. The van der Waals surface area contributed by atoms with E-state index in [9.17, 15) is 0 Å². The molecular formula is C34H37N3. The van der Waals surface area contributed by atoms with Gasteiger partial charge >= 0.3 is 0 Å². The Balaban J connectivity index is 1.44. The molecule has 1 aromatic heterocycles. The average Bonchev–Trinajstić information content (AvgIpc) is 3.25. The van der Waals surface area contributed by atoms with Gasteiger partial charge in [0.1, 0.15) is 0 Å². The standard InChI is InChI=1S/C34H37N3/c1-3-4-5-6-9-15-27-18-14-19-29(22-27)24-31-26(2)37-25-33(30-20-12-8-13-21-30)35-32(34(37)36-31)23-28-16-10-7-11-17-28/h7-8,10-14,16-22,25,35H,2-6,9,15,23-24H2,1H3. The summed E-state index contributed by atoms with van der Waals surface area (Å²) < 4.78 is 2.17. The number of nitrogens with one attached hydrogen (secondary N) is 1. The number of imidazole rings is 1. The maximum atomic E-state index is 5.13. The Hall–Kier alpha value is -3.85. The fourth-order valence-electron chi connectivity index (χ4n) is 5.10. The number of aromatic nitrogens is 2. The maximum Gasteiger partial charge on any atom is 0.157 e. The largest absolute Gasteiger partial charge is 0.354 e. The monoisotopic (exact) mass is 487 g/mol. The van der Waals surface area contributed by atoms with Gasteiger partial charge in [-0.3, -0.25) is 4.57 Å². The van der Waals surface area contributed by atoms with Crippen LogP contribution in [0.3, 0.4) is 0 Å². The molecule has 1 N–H and O–H groups in total. The van der Waals surface area contributed by atoms with Crippen LogP contribution in [0.2, 0.25) is 0 Å². The topological polar surface area (TPSA) is 29.9 Å². The van der Waals surface area contributed by atoms with Crippen molar-refractivity contribution in [2.75, 3.05) is 0 Å². The van der Waals surface area contributed by atoms with Crippen molar-refractivity contribution in [3.63, 3.8) is 0 Å². The third-order valence-corrected chi connectivity index (χ3v) is 7.15.